The van der Waals surface area contributed by atoms with Gasteiger partial charge in [-0.1, -0.05) is 13.8 Å². The number of hydrogen-bond acceptors (Lipinski definition) is 2. The number of furan rings is 1. The van der Waals surface area contributed by atoms with E-state index in [1.54, 1.807) is 6.07 Å². The first-order chi connectivity index (χ1) is 9.12. The van der Waals surface area contributed by atoms with E-state index in [4.69, 9.17) is 4.42 Å². The molecule has 1 saturated carbocycles. The molecule has 2 nitrogen and oxygen atoms in total. The van der Waals surface area contributed by atoms with Crippen molar-refractivity contribution >= 4 is 11.0 Å². The second-order valence-corrected chi connectivity index (χ2v) is 5.87. The highest BCUT2D eigenvalue weighted by atomic mass is 19.1. The van der Waals surface area contributed by atoms with Crippen LogP contribution in [-0.2, 0) is 0 Å². The minimum atomic E-state index is -0.212. The van der Waals surface area contributed by atoms with E-state index < -0.39 is 0 Å². The van der Waals surface area contributed by atoms with Gasteiger partial charge in [0, 0.05) is 5.39 Å². The zero-order valence-electron chi connectivity index (χ0n) is 11.5. The molecule has 1 N–H and O–H groups in total. The van der Waals surface area contributed by atoms with Gasteiger partial charge in [0.15, 0.2) is 0 Å². The normalized spacial score (nSPS) is 18.7. The Bertz CT molecular complexity index is 585. The molecule has 0 amide bonds. The van der Waals surface area contributed by atoms with Gasteiger partial charge in [-0.3, -0.25) is 0 Å². The van der Waals surface area contributed by atoms with Gasteiger partial charge in [-0.25, -0.2) is 4.39 Å². The van der Waals surface area contributed by atoms with Crippen LogP contribution in [-0.4, -0.2) is 6.54 Å². The Morgan fingerprint density at radius 1 is 1.37 bits per heavy atom. The molecule has 0 radical (unpaired) electrons. The molecule has 1 aliphatic rings. The predicted octanol–water partition coefficient (Wildman–Crippen LogP) is 4.41. The summed E-state index contributed by atoms with van der Waals surface area (Å²) in [5.74, 6) is 0.726. The van der Waals surface area contributed by atoms with Gasteiger partial charge >= 0.3 is 0 Å². The predicted molar refractivity (Wildman–Crippen MR) is 74.5 cm³/mol. The first-order valence-corrected chi connectivity index (χ1v) is 7.05. The first-order valence-electron chi connectivity index (χ1n) is 7.05. The van der Waals surface area contributed by atoms with Crippen molar-refractivity contribution in [2.75, 3.05) is 6.54 Å². The average molecular weight is 261 g/mol. The van der Waals surface area contributed by atoms with E-state index in [0.29, 0.717) is 5.41 Å². The van der Waals surface area contributed by atoms with E-state index in [2.05, 4.69) is 19.2 Å². The minimum Gasteiger partial charge on any atom is -0.459 e. The van der Waals surface area contributed by atoms with Crippen molar-refractivity contribution in [1.82, 2.24) is 5.32 Å². The van der Waals surface area contributed by atoms with E-state index in [0.717, 1.165) is 29.7 Å². The molecule has 1 aliphatic carbocycles. The third-order valence-corrected chi connectivity index (χ3v) is 4.12. The van der Waals surface area contributed by atoms with Crippen LogP contribution in [0.4, 0.5) is 4.39 Å². The summed E-state index contributed by atoms with van der Waals surface area (Å²) < 4.78 is 19.2. The maximum Gasteiger partial charge on any atom is 0.134 e. The minimum absolute atomic E-state index is 0.212. The first kappa shape index (κ1) is 12.7. The molecule has 0 bridgehead atoms. The van der Waals surface area contributed by atoms with Crippen LogP contribution in [0, 0.1) is 11.2 Å². The number of fused-ring (bicyclic) bond motifs is 1. The Hall–Kier alpha value is -1.35. The third-order valence-electron chi connectivity index (χ3n) is 4.12. The third kappa shape index (κ3) is 2.39. The van der Waals surface area contributed by atoms with E-state index in [-0.39, 0.29) is 11.9 Å². The van der Waals surface area contributed by atoms with Crippen molar-refractivity contribution in [3.05, 3.63) is 35.8 Å². The molecule has 1 fully saturated rings. The lowest BCUT2D eigenvalue weighted by Crippen LogP contribution is -2.28. The molecule has 3 rings (SSSR count). The quantitative estimate of drug-likeness (QED) is 0.862. The summed E-state index contributed by atoms with van der Waals surface area (Å²) in [5.41, 5.74) is 1.06. The summed E-state index contributed by atoms with van der Waals surface area (Å²) in [4.78, 5) is 0. The molecule has 3 heteroatoms. The van der Waals surface area contributed by atoms with Gasteiger partial charge < -0.3 is 9.73 Å². The van der Waals surface area contributed by atoms with Gasteiger partial charge in [0.1, 0.15) is 17.2 Å². The van der Waals surface area contributed by atoms with Crippen molar-refractivity contribution in [3.8, 4) is 0 Å². The van der Waals surface area contributed by atoms with Gasteiger partial charge in [0.25, 0.3) is 0 Å². The van der Waals surface area contributed by atoms with Gasteiger partial charge in [0.2, 0.25) is 0 Å². The molecular formula is C16H20FNO. The summed E-state index contributed by atoms with van der Waals surface area (Å²) in [7, 11) is 0. The molecule has 1 unspecified atom stereocenters. The Morgan fingerprint density at radius 3 is 2.84 bits per heavy atom. The second-order valence-electron chi connectivity index (χ2n) is 5.87. The monoisotopic (exact) mass is 261 g/mol. The van der Waals surface area contributed by atoms with Crippen LogP contribution in [0.1, 0.15) is 44.9 Å². The van der Waals surface area contributed by atoms with Crippen molar-refractivity contribution in [1.29, 1.82) is 0 Å². The van der Waals surface area contributed by atoms with E-state index in [9.17, 15) is 4.39 Å². The maximum atomic E-state index is 13.2. The van der Waals surface area contributed by atoms with Crippen molar-refractivity contribution < 1.29 is 8.81 Å². The highest BCUT2D eigenvalue weighted by molar-refractivity contribution is 5.78. The molecule has 19 heavy (non-hydrogen) atoms. The molecule has 1 atom stereocenters. The Kier molecular flexibility index (Phi) is 3.09. The van der Waals surface area contributed by atoms with E-state index in [1.165, 1.54) is 25.0 Å². The van der Waals surface area contributed by atoms with Crippen LogP contribution in [0.15, 0.2) is 28.7 Å². The molecule has 1 aromatic heterocycles. The fourth-order valence-corrected chi connectivity index (χ4v) is 2.64. The van der Waals surface area contributed by atoms with Crippen molar-refractivity contribution in [2.24, 2.45) is 5.41 Å². The average Bonchev–Trinajstić information content (AvgIpc) is 2.98. The molecule has 1 aromatic carbocycles. The van der Waals surface area contributed by atoms with Crippen molar-refractivity contribution in [2.45, 2.75) is 39.2 Å². The molecular weight excluding hydrogens is 241 g/mol. The van der Waals surface area contributed by atoms with E-state index >= 15 is 0 Å². The Morgan fingerprint density at radius 2 is 2.16 bits per heavy atom. The maximum absolute atomic E-state index is 13.2. The summed E-state index contributed by atoms with van der Waals surface area (Å²) in [6, 6.07) is 6.91. The van der Waals surface area contributed by atoms with Crippen molar-refractivity contribution in [3.63, 3.8) is 0 Å². The smallest absolute Gasteiger partial charge is 0.134 e. The van der Waals surface area contributed by atoms with Gasteiger partial charge in [-0.2, -0.15) is 0 Å². The number of halogens is 1. The second kappa shape index (κ2) is 4.64. The molecule has 102 valence electrons. The van der Waals surface area contributed by atoms with Gasteiger partial charge in [-0.15, -0.1) is 0 Å². The van der Waals surface area contributed by atoms with Crippen LogP contribution in [0.5, 0.6) is 0 Å². The standard InChI is InChI=1S/C16H20FNO/c1-3-8-18-15(16(2)6-7-16)14-10-11-9-12(17)4-5-13(11)19-14/h4-5,9-10,15,18H,3,6-8H2,1-2H3. The Labute approximate surface area is 113 Å². The topological polar surface area (TPSA) is 25.2 Å². The number of benzene rings is 1. The SMILES string of the molecule is CCCNC(c1cc2cc(F)ccc2o1)C1(C)CC1. The molecule has 0 spiro atoms. The molecule has 2 aromatic rings. The highest BCUT2D eigenvalue weighted by Crippen LogP contribution is 2.54. The number of nitrogens with one attached hydrogen (secondary N) is 1. The van der Waals surface area contributed by atoms with Crippen LogP contribution in [0.2, 0.25) is 0 Å². The van der Waals surface area contributed by atoms with Gasteiger partial charge in [-0.05, 0) is 55.5 Å². The number of hydrogen-bond donors (Lipinski definition) is 1. The molecule has 0 saturated heterocycles. The number of rotatable bonds is 5. The molecule has 0 aliphatic heterocycles. The van der Waals surface area contributed by atoms with Crippen LogP contribution >= 0.6 is 0 Å². The summed E-state index contributed by atoms with van der Waals surface area (Å²) in [6.07, 6.45) is 3.54. The fourth-order valence-electron chi connectivity index (χ4n) is 2.64. The van der Waals surface area contributed by atoms with Crippen LogP contribution in [0.3, 0.4) is 0 Å². The van der Waals surface area contributed by atoms with Crippen LogP contribution < -0.4 is 5.32 Å². The summed E-state index contributed by atoms with van der Waals surface area (Å²) in [6.45, 7) is 5.42. The molecule has 1 heterocycles. The highest BCUT2D eigenvalue weighted by Gasteiger charge is 2.46. The Balaban J connectivity index is 1.95. The van der Waals surface area contributed by atoms with Crippen LogP contribution in [0.25, 0.3) is 11.0 Å². The lowest BCUT2D eigenvalue weighted by molar-refractivity contribution is 0.316. The zero-order valence-corrected chi connectivity index (χ0v) is 11.5. The van der Waals surface area contributed by atoms with Gasteiger partial charge in [0.05, 0.1) is 6.04 Å². The summed E-state index contributed by atoms with van der Waals surface area (Å²) >= 11 is 0. The summed E-state index contributed by atoms with van der Waals surface area (Å²) in [5, 5.41) is 4.43. The zero-order chi connectivity index (χ0) is 13.5. The lowest BCUT2D eigenvalue weighted by Gasteiger charge is -2.22. The largest absolute Gasteiger partial charge is 0.459 e. The van der Waals surface area contributed by atoms with E-state index in [1.807, 2.05) is 6.07 Å². The fraction of sp³-hybridized carbons (Fsp3) is 0.500. The lowest BCUT2D eigenvalue weighted by atomic mass is 9.96.